The molecule has 2 aliphatic rings. The first kappa shape index (κ1) is 32.6. The number of alkyl halides is 3. The molecule has 2 heterocycles. The zero-order chi connectivity index (χ0) is 32.5. The molecule has 1 N–H and O–H groups in total. The summed E-state index contributed by atoms with van der Waals surface area (Å²) in [6.07, 6.45) is -4.40. The molecular weight excluding hydrogens is 585 g/mol. The SMILES string of the molecule is COC(C)c1nc2c(c(C3CCN(C(=O)OCc4ccccc4)CC3)c1C(=O)c1ccc(C(F)(F)F)cc1)[C@@H](O)CC(C)(C)C2. The summed E-state index contributed by atoms with van der Waals surface area (Å²) >= 11 is 0. The van der Waals surface area contributed by atoms with Gasteiger partial charge in [-0.2, -0.15) is 13.2 Å². The molecule has 240 valence electrons. The lowest BCUT2D eigenvalue weighted by Gasteiger charge is -2.39. The van der Waals surface area contributed by atoms with Gasteiger partial charge < -0.3 is 19.5 Å². The monoisotopic (exact) mass is 624 g/mol. The summed E-state index contributed by atoms with van der Waals surface area (Å²) in [7, 11) is 1.51. The molecule has 10 heteroatoms. The van der Waals surface area contributed by atoms with Crippen molar-refractivity contribution in [2.75, 3.05) is 20.2 Å². The third-order valence-electron chi connectivity index (χ3n) is 8.91. The quantitative estimate of drug-likeness (QED) is 0.273. The van der Waals surface area contributed by atoms with Crippen molar-refractivity contribution in [3.05, 3.63) is 99.4 Å². The van der Waals surface area contributed by atoms with Crippen molar-refractivity contribution in [1.82, 2.24) is 9.88 Å². The first-order chi connectivity index (χ1) is 21.3. The van der Waals surface area contributed by atoms with Gasteiger partial charge >= 0.3 is 12.3 Å². The summed E-state index contributed by atoms with van der Waals surface area (Å²) < 4.78 is 51.1. The van der Waals surface area contributed by atoms with Gasteiger partial charge in [-0.3, -0.25) is 9.78 Å². The van der Waals surface area contributed by atoms with Crippen LogP contribution < -0.4 is 0 Å². The predicted molar refractivity (Wildman–Crippen MR) is 162 cm³/mol. The van der Waals surface area contributed by atoms with E-state index in [1.165, 1.54) is 19.2 Å². The van der Waals surface area contributed by atoms with Crippen LogP contribution in [0.2, 0.25) is 0 Å². The van der Waals surface area contributed by atoms with Gasteiger partial charge in [0, 0.05) is 37.0 Å². The summed E-state index contributed by atoms with van der Waals surface area (Å²) in [5.41, 5.74) is 2.49. The Labute approximate surface area is 261 Å². The van der Waals surface area contributed by atoms with E-state index >= 15 is 0 Å². The topological polar surface area (TPSA) is 89.0 Å². The average molecular weight is 625 g/mol. The molecule has 1 aliphatic carbocycles. The molecule has 1 unspecified atom stereocenters. The number of halogens is 3. The van der Waals surface area contributed by atoms with Crippen LogP contribution in [0.5, 0.6) is 0 Å². The lowest BCUT2D eigenvalue weighted by molar-refractivity contribution is -0.137. The van der Waals surface area contributed by atoms with Crippen molar-refractivity contribution in [2.24, 2.45) is 5.41 Å². The first-order valence-electron chi connectivity index (χ1n) is 15.2. The zero-order valence-corrected chi connectivity index (χ0v) is 26.0. The van der Waals surface area contributed by atoms with Crippen LogP contribution in [0, 0.1) is 5.41 Å². The number of methoxy groups -OCH3 is 1. The number of aliphatic hydroxyl groups is 1. The van der Waals surface area contributed by atoms with Gasteiger partial charge in [0.1, 0.15) is 6.61 Å². The zero-order valence-electron chi connectivity index (χ0n) is 26.0. The van der Waals surface area contributed by atoms with E-state index in [0.29, 0.717) is 61.3 Å². The van der Waals surface area contributed by atoms with Gasteiger partial charge in [-0.25, -0.2) is 4.79 Å². The highest BCUT2D eigenvalue weighted by molar-refractivity contribution is 6.11. The van der Waals surface area contributed by atoms with Crippen molar-refractivity contribution in [2.45, 2.75) is 77.4 Å². The third kappa shape index (κ3) is 7.07. The molecule has 1 saturated heterocycles. The van der Waals surface area contributed by atoms with Crippen LogP contribution in [0.1, 0.15) is 108 Å². The number of fused-ring (bicyclic) bond motifs is 1. The highest BCUT2D eigenvalue weighted by Crippen LogP contribution is 2.47. The molecule has 1 aromatic heterocycles. The molecule has 2 atom stereocenters. The molecule has 0 spiro atoms. The van der Waals surface area contributed by atoms with Crippen LogP contribution in [-0.2, 0) is 28.7 Å². The largest absolute Gasteiger partial charge is 0.445 e. The van der Waals surface area contributed by atoms with Crippen LogP contribution in [0.15, 0.2) is 54.6 Å². The molecule has 3 aromatic rings. The van der Waals surface area contributed by atoms with E-state index in [0.717, 1.165) is 17.7 Å². The van der Waals surface area contributed by atoms with Gasteiger partial charge in [-0.15, -0.1) is 0 Å². The molecule has 45 heavy (non-hydrogen) atoms. The smallest absolute Gasteiger partial charge is 0.416 e. The lowest BCUT2D eigenvalue weighted by atomic mass is 9.70. The lowest BCUT2D eigenvalue weighted by Crippen LogP contribution is -2.39. The first-order valence-corrected chi connectivity index (χ1v) is 15.2. The molecule has 5 rings (SSSR count). The third-order valence-corrected chi connectivity index (χ3v) is 8.91. The van der Waals surface area contributed by atoms with Gasteiger partial charge in [0.15, 0.2) is 5.78 Å². The second kappa shape index (κ2) is 12.9. The van der Waals surface area contributed by atoms with Crippen molar-refractivity contribution in [1.29, 1.82) is 0 Å². The number of amides is 1. The number of hydrogen-bond donors (Lipinski definition) is 1. The number of carbonyl (C=O) groups excluding carboxylic acids is 2. The molecule has 0 bridgehead atoms. The second-order valence-corrected chi connectivity index (χ2v) is 12.8. The maximum Gasteiger partial charge on any atom is 0.416 e. The molecule has 7 nitrogen and oxygen atoms in total. The number of ether oxygens (including phenoxy) is 2. The molecule has 0 saturated carbocycles. The number of piperidine rings is 1. The summed E-state index contributed by atoms with van der Waals surface area (Å²) in [4.78, 5) is 33.8. The molecule has 0 radical (unpaired) electrons. The number of hydrogen-bond acceptors (Lipinski definition) is 6. The number of benzene rings is 2. The van der Waals surface area contributed by atoms with Gasteiger partial charge in [0.2, 0.25) is 0 Å². The minimum Gasteiger partial charge on any atom is -0.445 e. The Morgan fingerprint density at radius 1 is 1.04 bits per heavy atom. The van der Waals surface area contributed by atoms with Gasteiger partial charge in [-0.1, -0.05) is 56.3 Å². The standard InChI is InChI=1S/C35H39F3N2O5/c1-21(44-4)31-30(32(42)24-10-12-25(13-11-24)35(36,37)38)28(29-26(39-31)18-34(2,3)19-27(29)41)23-14-16-40(17-15-23)33(43)45-20-22-8-6-5-7-9-22/h5-13,21,23,27,41H,14-20H2,1-4H3/t21?,27-/m0/s1. The molecule has 1 fully saturated rings. The number of rotatable bonds is 7. The summed E-state index contributed by atoms with van der Waals surface area (Å²) in [6, 6.07) is 13.6. The number of carbonyl (C=O) groups is 2. The van der Waals surface area contributed by atoms with Crippen molar-refractivity contribution in [3.63, 3.8) is 0 Å². The molecule has 1 amide bonds. The summed E-state index contributed by atoms with van der Waals surface area (Å²) in [5.74, 6) is -0.693. The number of pyridine rings is 1. The van der Waals surface area contributed by atoms with Crippen LogP contribution in [-0.4, -0.2) is 47.1 Å². The summed E-state index contributed by atoms with van der Waals surface area (Å²) in [6.45, 7) is 6.79. The molecule has 2 aromatic carbocycles. The number of ketones is 1. The van der Waals surface area contributed by atoms with E-state index in [1.54, 1.807) is 11.8 Å². The Morgan fingerprint density at radius 3 is 2.29 bits per heavy atom. The van der Waals surface area contributed by atoms with Crippen molar-refractivity contribution in [3.8, 4) is 0 Å². The van der Waals surface area contributed by atoms with E-state index in [-0.39, 0.29) is 29.1 Å². The van der Waals surface area contributed by atoms with E-state index in [9.17, 15) is 27.9 Å². The second-order valence-electron chi connectivity index (χ2n) is 12.8. The Hall–Kier alpha value is -3.76. The van der Waals surface area contributed by atoms with Crippen LogP contribution >= 0.6 is 0 Å². The van der Waals surface area contributed by atoms with E-state index < -0.39 is 35.8 Å². The Bertz CT molecular complexity index is 1530. The fourth-order valence-corrected chi connectivity index (χ4v) is 6.53. The highest BCUT2D eigenvalue weighted by Gasteiger charge is 2.41. The minimum absolute atomic E-state index is 0.0862. The average Bonchev–Trinajstić information content (AvgIpc) is 3.01. The molecule has 1 aliphatic heterocycles. The Kier molecular flexibility index (Phi) is 9.37. The van der Waals surface area contributed by atoms with Crippen LogP contribution in [0.4, 0.5) is 18.0 Å². The van der Waals surface area contributed by atoms with Crippen molar-refractivity contribution >= 4 is 11.9 Å². The van der Waals surface area contributed by atoms with E-state index in [4.69, 9.17) is 14.5 Å². The van der Waals surface area contributed by atoms with Gasteiger partial charge in [0.25, 0.3) is 0 Å². The number of aliphatic hydroxyl groups excluding tert-OH is 1. The predicted octanol–water partition coefficient (Wildman–Crippen LogP) is 7.56. The maximum atomic E-state index is 14.3. The maximum absolute atomic E-state index is 14.3. The highest BCUT2D eigenvalue weighted by atomic mass is 19.4. The van der Waals surface area contributed by atoms with E-state index in [1.807, 2.05) is 30.3 Å². The fraction of sp³-hybridized carbons (Fsp3) is 0.457. The normalized spacial score (nSPS) is 19.1. The summed E-state index contributed by atoms with van der Waals surface area (Å²) in [5, 5.41) is 11.5. The van der Waals surface area contributed by atoms with Crippen LogP contribution in [0.25, 0.3) is 0 Å². The van der Waals surface area contributed by atoms with Crippen LogP contribution in [0.3, 0.4) is 0 Å². The Balaban J connectivity index is 1.53. The van der Waals surface area contributed by atoms with Gasteiger partial charge in [-0.05, 0) is 67.2 Å². The number of likely N-dealkylation sites (tertiary alicyclic amines) is 1. The number of nitrogens with zero attached hydrogens (tertiary/aromatic N) is 2. The molecular formula is C35H39F3N2O5. The van der Waals surface area contributed by atoms with Crippen molar-refractivity contribution < 1.29 is 37.3 Å². The minimum atomic E-state index is -4.54. The number of aromatic nitrogens is 1. The van der Waals surface area contributed by atoms with E-state index in [2.05, 4.69) is 13.8 Å². The Morgan fingerprint density at radius 2 is 1.69 bits per heavy atom. The van der Waals surface area contributed by atoms with Gasteiger partial charge in [0.05, 0.1) is 29.0 Å². The fourth-order valence-electron chi connectivity index (χ4n) is 6.53.